The van der Waals surface area contributed by atoms with Gasteiger partial charge in [-0.05, 0) is 79.3 Å². The van der Waals surface area contributed by atoms with Crippen LogP contribution in [0.25, 0.3) is 16.8 Å². The average Bonchev–Trinajstić information content (AvgIpc) is 3.66. The van der Waals surface area contributed by atoms with Crippen molar-refractivity contribution in [3.05, 3.63) is 102 Å². The lowest BCUT2D eigenvalue weighted by Crippen LogP contribution is -2.40. The molecular formula is C35H37N3O4S. The minimum atomic E-state index is -0.751. The minimum absolute atomic E-state index is 0.191. The summed E-state index contributed by atoms with van der Waals surface area (Å²) >= 11 is 1.36. The van der Waals surface area contributed by atoms with E-state index in [9.17, 15) is 9.59 Å². The summed E-state index contributed by atoms with van der Waals surface area (Å²) in [6.45, 7) is 8.32. The summed E-state index contributed by atoms with van der Waals surface area (Å²) in [5.41, 5.74) is 4.94. The van der Waals surface area contributed by atoms with Gasteiger partial charge in [-0.1, -0.05) is 61.1 Å². The predicted molar refractivity (Wildman–Crippen MR) is 173 cm³/mol. The van der Waals surface area contributed by atoms with E-state index in [1.165, 1.54) is 29.9 Å². The van der Waals surface area contributed by atoms with E-state index in [0.29, 0.717) is 32.8 Å². The number of allylic oxidation sites excluding steroid dienone is 1. The van der Waals surface area contributed by atoms with Crippen molar-refractivity contribution in [2.75, 3.05) is 31.7 Å². The molecule has 1 fully saturated rings. The van der Waals surface area contributed by atoms with Crippen LogP contribution >= 0.6 is 11.3 Å². The molecule has 0 aliphatic carbocycles. The van der Waals surface area contributed by atoms with Crippen molar-refractivity contribution in [2.45, 2.75) is 52.5 Å². The molecule has 1 saturated heterocycles. The van der Waals surface area contributed by atoms with E-state index in [-0.39, 0.29) is 12.2 Å². The Hall–Kier alpha value is -4.17. The van der Waals surface area contributed by atoms with Crippen molar-refractivity contribution in [3.63, 3.8) is 0 Å². The highest BCUT2D eigenvalue weighted by molar-refractivity contribution is 7.07. The zero-order valence-electron chi connectivity index (χ0n) is 25.2. The minimum Gasteiger partial charge on any atom is -0.496 e. The zero-order chi connectivity index (χ0) is 30.1. The number of carbonyl (C=O) groups excluding carboxylic acids is 1. The molecule has 4 aromatic rings. The highest BCUT2D eigenvalue weighted by Crippen LogP contribution is 2.41. The number of anilines is 1. The average molecular weight is 596 g/mol. The highest BCUT2D eigenvalue weighted by atomic mass is 32.1. The Bertz CT molecular complexity index is 1910. The van der Waals surface area contributed by atoms with E-state index < -0.39 is 12.0 Å². The number of nitrogens with zero attached hydrogens (tertiary/aromatic N) is 3. The number of carbonyl (C=O) groups is 1. The van der Waals surface area contributed by atoms with E-state index >= 15 is 0 Å². The van der Waals surface area contributed by atoms with Gasteiger partial charge < -0.3 is 14.4 Å². The Morgan fingerprint density at radius 1 is 1.09 bits per heavy atom. The van der Waals surface area contributed by atoms with Gasteiger partial charge in [-0.2, -0.15) is 0 Å². The Balaban J connectivity index is 1.60. The van der Waals surface area contributed by atoms with Gasteiger partial charge in [0.25, 0.3) is 5.56 Å². The number of methoxy groups -OCH3 is 1. The second kappa shape index (κ2) is 12.2. The van der Waals surface area contributed by atoms with Crippen LogP contribution in [-0.2, 0) is 9.53 Å². The summed E-state index contributed by atoms with van der Waals surface area (Å²) in [4.78, 5) is 36.0. The van der Waals surface area contributed by atoms with E-state index in [0.717, 1.165) is 47.0 Å². The largest absolute Gasteiger partial charge is 0.496 e. The van der Waals surface area contributed by atoms with Crippen LogP contribution < -0.4 is 24.5 Å². The Morgan fingerprint density at radius 2 is 1.88 bits per heavy atom. The maximum absolute atomic E-state index is 14.4. The number of aryl methyl sites for hydroxylation is 1. The van der Waals surface area contributed by atoms with Crippen LogP contribution in [0, 0.1) is 6.92 Å². The summed E-state index contributed by atoms with van der Waals surface area (Å²) in [6.07, 6.45) is 5.77. The summed E-state index contributed by atoms with van der Waals surface area (Å²) in [5, 5.41) is 1.90. The number of aromatic nitrogens is 1. The molecule has 0 N–H and O–H groups in total. The quantitative estimate of drug-likeness (QED) is 0.246. The molecule has 1 aromatic heterocycles. The summed E-state index contributed by atoms with van der Waals surface area (Å²) in [6, 6.07) is 17.6. The van der Waals surface area contributed by atoms with Gasteiger partial charge in [0.2, 0.25) is 0 Å². The lowest BCUT2D eigenvalue weighted by Gasteiger charge is -2.28. The van der Waals surface area contributed by atoms with Gasteiger partial charge in [0.1, 0.15) is 11.8 Å². The molecule has 8 heteroatoms. The molecule has 0 bridgehead atoms. The lowest BCUT2D eigenvalue weighted by atomic mass is 9.90. The number of esters is 1. The number of rotatable bonds is 8. The molecule has 7 nitrogen and oxygen atoms in total. The second-order valence-electron chi connectivity index (χ2n) is 11.1. The maximum Gasteiger partial charge on any atom is 0.338 e. The SMILES string of the molecule is CCCC1=C(C(=O)OCC)[C@H](c2c(OC)ccc3ccccc23)n2c(s/c(=C/c3ccc(N4CCCC4)cc3C)c2=O)=N1. The van der Waals surface area contributed by atoms with E-state index in [1.54, 1.807) is 18.6 Å². The normalized spacial score (nSPS) is 16.9. The third-order valence-electron chi connectivity index (χ3n) is 8.33. The van der Waals surface area contributed by atoms with Crippen LogP contribution in [-0.4, -0.2) is 37.3 Å². The Labute approximate surface area is 255 Å². The van der Waals surface area contributed by atoms with Crippen molar-refractivity contribution in [3.8, 4) is 5.75 Å². The standard InChI is InChI=1S/C35H37N3O4S/c1-5-11-27-31(34(40)42-6-2)32(30-26-13-8-7-12-23(26)15-17-28(30)41-4)38-33(39)29(43-35(38)36-27)21-24-14-16-25(20-22(24)3)37-18-9-10-19-37/h7-8,12-17,20-21,32H,5-6,9-11,18-19H2,1-4H3/b29-21+/t32-/m0/s1. The molecule has 3 heterocycles. The molecular weight excluding hydrogens is 558 g/mol. The van der Waals surface area contributed by atoms with E-state index in [4.69, 9.17) is 14.5 Å². The van der Waals surface area contributed by atoms with Crippen molar-refractivity contribution in [2.24, 2.45) is 4.99 Å². The molecule has 43 heavy (non-hydrogen) atoms. The fourth-order valence-electron chi connectivity index (χ4n) is 6.26. The molecule has 0 unspecified atom stereocenters. The van der Waals surface area contributed by atoms with E-state index in [1.807, 2.05) is 42.5 Å². The Morgan fingerprint density at radius 3 is 2.60 bits per heavy atom. The lowest BCUT2D eigenvalue weighted by molar-refractivity contribution is -0.139. The van der Waals surface area contributed by atoms with Gasteiger partial charge in [-0.3, -0.25) is 9.36 Å². The molecule has 1 atom stereocenters. The molecule has 0 spiro atoms. The molecule has 3 aromatic carbocycles. The van der Waals surface area contributed by atoms with Crippen LogP contribution in [0.4, 0.5) is 5.69 Å². The van der Waals surface area contributed by atoms with Gasteiger partial charge in [-0.15, -0.1) is 0 Å². The second-order valence-corrected chi connectivity index (χ2v) is 12.1. The molecule has 222 valence electrons. The third kappa shape index (κ3) is 5.29. The number of benzene rings is 3. The van der Waals surface area contributed by atoms with Crippen LogP contribution in [0.2, 0.25) is 0 Å². The molecule has 2 aliphatic rings. The summed E-state index contributed by atoms with van der Waals surface area (Å²) in [7, 11) is 1.62. The van der Waals surface area contributed by atoms with Gasteiger partial charge in [0.05, 0.1) is 29.5 Å². The van der Waals surface area contributed by atoms with Gasteiger partial charge in [0, 0.05) is 24.3 Å². The number of thiazole rings is 1. The highest BCUT2D eigenvalue weighted by Gasteiger charge is 2.37. The first-order valence-corrected chi connectivity index (χ1v) is 15.9. The summed E-state index contributed by atoms with van der Waals surface area (Å²) < 4.78 is 13.7. The zero-order valence-corrected chi connectivity index (χ0v) is 26.0. The number of fused-ring (bicyclic) bond motifs is 2. The van der Waals surface area contributed by atoms with Crippen LogP contribution in [0.5, 0.6) is 5.75 Å². The van der Waals surface area contributed by atoms with Crippen LogP contribution in [0.15, 0.2) is 75.7 Å². The smallest absolute Gasteiger partial charge is 0.338 e. The third-order valence-corrected chi connectivity index (χ3v) is 9.31. The van der Waals surface area contributed by atoms with Gasteiger partial charge >= 0.3 is 5.97 Å². The van der Waals surface area contributed by atoms with Crippen molar-refractivity contribution in [1.29, 1.82) is 0 Å². The van der Waals surface area contributed by atoms with Crippen molar-refractivity contribution in [1.82, 2.24) is 4.57 Å². The molecule has 6 rings (SSSR count). The van der Waals surface area contributed by atoms with Crippen molar-refractivity contribution >= 4 is 39.8 Å². The van der Waals surface area contributed by atoms with E-state index in [2.05, 4.69) is 36.9 Å². The van der Waals surface area contributed by atoms with Gasteiger partial charge in [-0.25, -0.2) is 9.79 Å². The fourth-order valence-corrected chi connectivity index (χ4v) is 7.28. The molecule has 0 amide bonds. The molecule has 2 aliphatic heterocycles. The van der Waals surface area contributed by atoms with Gasteiger partial charge in [0.15, 0.2) is 4.80 Å². The first-order valence-electron chi connectivity index (χ1n) is 15.1. The fraction of sp³-hybridized carbons (Fsp3) is 0.343. The number of hydrogen-bond donors (Lipinski definition) is 0. The predicted octanol–water partition coefficient (Wildman–Crippen LogP) is 5.65. The monoisotopic (exact) mass is 595 g/mol. The number of hydrogen-bond acceptors (Lipinski definition) is 7. The summed E-state index contributed by atoms with van der Waals surface area (Å²) in [5.74, 6) is 0.142. The molecule has 0 radical (unpaired) electrons. The maximum atomic E-state index is 14.4. The van der Waals surface area contributed by atoms with Crippen LogP contribution in [0.3, 0.4) is 0 Å². The topological polar surface area (TPSA) is 73.1 Å². The Kier molecular flexibility index (Phi) is 8.21. The first kappa shape index (κ1) is 28.9. The first-order chi connectivity index (χ1) is 20.9. The van der Waals surface area contributed by atoms with Crippen LogP contribution in [0.1, 0.15) is 62.3 Å². The van der Waals surface area contributed by atoms with Crippen molar-refractivity contribution < 1.29 is 14.3 Å². The number of ether oxygens (including phenoxy) is 2. The molecule has 0 saturated carbocycles.